The highest BCUT2D eigenvalue weighted by Gasteiger charge is 2.12. The summed E-state index contributed by atoms with van der Waals surface area (Å²) in [6, 6.07) is 6.50. The minimum absolute atomic E-state index is 0.472. The molecule has 0 saturated heterocycles. The fourth-order valence-electron chi connectivity index (χ4n) is 2.20. The molecular weight excluding hydrogens is 300 g/mol. The van der Waals surface area contributed by atoms with E-state index in [-0.39, 0.29) is 0 Å². The second-order valence-electron chi connectivity index (χ2n) is 5.25. The van der Waals surface area contributed by atoms with E-state index in [2.05, 4.69) is 67.1 Å². The Morgan fingerprint density at radius 1 is 1.32 bits per heavy atom. The minimum atomic E-state index is 0.472. The lowest BCUT2D eigenvalue weighted by Crippen LogP contribution is -2.07. The molecule has 0 radical (unpaired) electrons. The van der Waals surface area contributed by atoms with Crippen molar-refractivity contribution in [2.45, 2.75) is 40.0 Å². The molecule has 1 aromatic heterocycles. The molecule has 0 fully saturated rings. The number of halogens is 1. The first-order valence-corrected chi connectivity index (χ1v) is 7.67. The summed E-state index contributed by atoms with van der Waals surface area (Å²) in [6.07, 6.45) is 1.11. The van der Waals surface area contributed by atoms with Gasteiger partial charge in [0.05, 0.1) is 5.52 Å². The molecule has 0 atom stereocenters. The van der Waals surface area contributed by atoms with Gasteiger partial charge >= 0.3 is 0 Å². The van der Waals surface area contributed by atoms with Crippen LogP contribution in [0.15, 0.2) is 22.7 Å². The number of benzene rings is 1. The Bertz CT molecular complexity index is 591. The van der Waals surface area contributed by atoms with Gasteiger partial charge in [0.25, 0.3) is 0 Å². The molecule has 0 saturated carbocycles. The molecule has 0 aliphatic carbocycles. The summed E-state index contributed by atoms with van der Waals surface area (Å²) in [4.78, 5) is 4.85. The van der Waals surface area contributed by atoms with Gasteiger partial charge in [0.15, 0.2) is 0 Å². The quantitative estimate of drug-likeness (QED) is 0.832. The van der Waals surface area contributed by atoms with Crippen LogP contribution in [0.3, 0.4) is 0 Å². The van der Waals surface area contributed by atoms with Crippen LogP contribution in [0.5, 0.6) is 0 Å². The predicted molar refractivity (Wildman–Crippen MR) is 87.0 cm³/mol. The van der Waals surface area contributed by atoms with Crippen LogP contribution in [0, 0.1) is 6.92 Å². The Balaban J connectivity index is 2.62. The van der Waals surface area contributed by atoms with Crippen molar-refractivity contribution in [2.75, 3.05) is 11.9 Å². The van der Waals surface area contributed by atoms with Gasteiger partial charge in [-0.3, -0.25) is 0 Å². The highest BCUT2D eigenvalue weighted by atomic mass is 79.9. The molecule has 0 spiro atoms. The third-order valence-electron chi connectivity index (χ3n) is 3.37. The van der Waals surface area contributed by atoms with Gasteiger partial charge in [0, 0.05) is 16.4 Å². The van der Waals surface area contributed by atoms with Gasteiger partial charge in [-0.1, -0.05) is 42.8 Å². The SMILES string of the molecule is CCCNc1nc2c(C)c(Br)ccc2cc1C(C)C. The summed E-state index contributed by atoms with van der Waals surface area (Å²) >= 11 is 3.58. The summed E-state index contributed by atoms with van der Waals surface area (Å²) in [6.45, 7) is 9.67. The molecule has 2 rings (SSSR count). The number of anilines is 1. The summed E-state index contributed by atoms with van der Waals surface area (Å²) in [7, 11) is 0. The molecule has 2 aromatic rings. The lowest BCUT2D eigenvalue weighted by Gasteiger charge is -2.16. The number of pyridine rings is 1. The van der Waals surface area contributed by atoms with Gasteiger partial charge in [0.1, 0.15) is 5.82 Å². The molecule has 1 aromatic carbocycles. The van der Waals surface area contributed by atoms with Crippen LogP contribution in [-0.4, -0.2) is 11.5 Å². The van der Waals surface area contributed by atoms with E-state index < -0.39 is 0 Å². The number of fused-ring (bicyclic) bond motifs is 1. The molecule has 102 valence electrons. The van der Waals surface area contributed by atoms with Crippen LogP contribution < -0.4 is 5.32 Å². The van der Waals surface area contributed by atoms with Crippen molar-refractivity contribution in [3.8, 4) is 0 Å². The van der Waals surface area contributed by atoms with Crippen molar-refractivity contribution in [1.29, 1.82) is 0 Å². The van der Waals surface area contributed by atoms with Crippen molar-refractivity contribution >= 4 is 32.7 Å². The standard InChI is InChI=1S/C16H21BrN2/c1-5-8-18-16-13(10(2)3)9-12-6-7-14(17)11(4)15(12)19-16/h6-7,9-10H,5,8H2,1-4H3,(H,18,19). The van der Waals surface area contributed by atoms with Crippen LogP contribution in [-0.2, 0) is 0 Å². The van der Waals surface area contributed by atoms with Crippen LogP contribution in [0.25, 0.3) is 10.9 Å². The van der Waals surface area contributed by atoms with Gasteiger partial charge in [-0.2, -0.15) is 0 Å². The normalized spacial score (nSPS) is 11.3. The first-order chi connectivity index (χ1) is 9.04. The van der Waals surface area contributed by atoms with E-state index in [1.54, 1.807) is 0 Å². The first kappa shape index (κ1) is 14.3. The fourth-order valence-corrected chi connectivity index (χ4v) is 2.52. The number of hydrogen-bond donors (Lipinski definition) is 1. The molecule has 0 aliphatic heterocycles. The number of aromatic nitrogens is 1. The first-order valence-electron chi connectivity index (χ1n) is 6.88. The van der Waals surface area contributed by atoms with E-state index in [4.69, 9.17) is 4.98 Å². The number of nitrogens with zero attached hydrogens (tertiary/aromatic N) is 1. The van der Waals surface area contributed by atoms with Crippen molar-refractivity contribution in [3.63, 3.8) is 0 Å². The van der Waals surface area contributed by atoms with Gasteiger partial charge in [-0.15, -0.1) is 0 Å². The summed E-state index contributed by atoms with van der Waals surface area (Å²) in [5.41, 5.74) is 3.58. The zero-order chi connectivity index (χ0) is 14.0. The van der Waals surface area contributed by atoms with Crippen LogP contribution in [0.1, 0.15) is 44.2 Å². The maximum Gasteiger partial charge on any atom is 0.130 e. The molecule has 1 N–H and O–H groups in total. The molecule has 0 aliphatic rings. The van der Waals surface area contributed by atoms with Crippen molar-refractivity contribution in [3.05, 3.63) is 33.8 Å². The third kappa shape index (κ3) is 2.92. The molecule has 0 bridgehead atoms. The Hall–Kier alpha value is -1.09. The maximum absolute atomic E-state index is 4.85. The Morgan fingerprint density at radius 2 is 2.05 bits per heavy atom. The number of rotatable bonds is 4. The van der Waals surface area contributed by atoms with E-state index in [9.17, 15) is 0 Å². The van der Waals surface area contributed by atoms with Gasteiger partial charge in [-0.05, 0) is 42.5 Å². The second kappa shape index (κ2) is 5.91. The molecule has 2 nitrogen and oxygen atoms in total. The second-order valence-corrected chi connectivity index (χ2v) is 6.11. The zero-order valence-corrected chi connectivity index (χ0v) is 13.6. The van der Waals surface area contributed by atoms with E-state index >= 15 is 0 Å². The van der Waals surface area contributed by atoms with E-state index in [1.165, 1.54) is 16.5 Å². The van der Waals surface area contributed by atoms with Crippen LogP contribution >= 0.6 is 15.9 Å². The molecule has 19 heavy (non-hydrogen) atoms. The van der Waals surface area contributed by atoms with Crippen molar-refractivity contribution in [2.24, 2.45) is 0 Å². The Morgan fingerprint density at radius 3 is 2.68 bits per heavy atom. The Labute approximate surface area is 123 Å². The van der Waals surface area contributed by atoms with Gasteiger partial charge in [-0.25, -0.2) is 4.98 Å². The molecular formula is C16H21BrN2. The third-order valence-corrected chi connectivity index (χ3v) is 4.23. The van der Waals surface area contributed by atoms with Crippen LogP contribution in [0.4, 0.5) is 5.82 Å². The molecule has 1 heterocycles. The summed E-state index contributed by atoms with van der Waals surface area (Å²) < 4.78 is 1.12. The number of nitrogens with one attached hydrogen (secondary N) is 1. The van der Waals surface area contributed by atoms with Crippen molar-refractivity contribution in [1.82, 2.24) is 4.98 Å². The zero-order valence-electron chi connectivity index (χ0n) is 12.0. The maximum atomic E-state index is 4.85. The van der Waals surface area contributed by atoms with E-state index in [0.717, 1.165) is 28.8 Å². The average Bonchev–Trinajstić information content (AvgIpc) is 2.40. The van der Waals surface area contributed by atoms with Gasteiger partial charge < -0.3 is 5.32 Å². The molecule has 0 unspecified atom stereocenters. The summed E-state index contributed by atoms with van der Waals surface area (Å²) in [5.74, 6) is 1.51. The highest BCUT2D eigenvalue weighted by Crippen LogP contribution is 2.30. The molecule has 0 amide bonds. The average molecular weight is 321 g/mol. The highest BCUT2D eigenvalue weighted by molar-refractivity contribution is 9.10. The number of aryl methyl sites for hydroxylation is 1. The minimum Gasteiger partial charge on any atom is -0.370 e. The van der Waals surface area contributed by atoms with Gasteiger partial charge in [0.2, 0.25) is 0 Å². The van der Waals surface area contributed by atoms with E-state index in [0.29, 0.717) is 5.92 Å². The van der Waals surface area contributed by atoms with Crippen LogP contribution in [0.2, 0.25) is 0 Å². The molecule has 3 heteroatoms. The largest absolute Gasteiger partial charge is 0.370 e. The topological polar surface area (TPSA) is 24.9 Å². The fraction of sp³-hybridized carbons (Fsp3) is 0.438. The van der Waals surface area contributed by atoms with E-state index in [1.807, 2.05) is 0 Å². The number of hydrogen-bond acceptors (Lipinski definition) is 2. The monoisotopic (exact) mass is 320 g/mol. The lowest BCUT2D eigenvalue weighted by molar-refractivity contribution is 0.856. The predicted octanol–water partition coefficient (Wildman–Crippen LogP) is 5.25. The lowest BCUT2D eigenvalue weighted by atomic mass is 10.0. The smallest absolute Gasteiger partial charge is 0.130 e. The summed E-state index contributed by atoms with van der Waals surface area (Å²) in [5, 5.41) is 4.67. The van der Waals surface area contributed by atoms with Crippen molar-refractivity contribution < 1.29 is 0 Å². The Kier molecular flexibility index (Phi) is 4.46.